The highest BCUT2D eigenvalue weighted by molar-refractivity contribution is 9.10. The molecular formula is C16H20BrNO2. The lowest BCUT2D eigenvalue weighted by molar-refractivity contribution is -0.148. The molecule has 0 aliphatic carbocycles. The highest BCUT2D eigenvalue weighted by Gasteiger charge is 2.39. The molecule has 1 aromatic rings. The average Bonchev–Trinajstić information content (AvgIpc) is 2.40. The fourth-order valence-corrected chi connectivity index (χ4v) is 3.13. The largest absolute Gasteiger partial charge is 0.331 e. The minimum Gasteiger partial charge on any atom is -0.331 e. The zero-order chi connectivity index (χ0) is 14.8. The van der Waals surface area contributed by atoms with Gasteiger partial charge in [-0.25, -0.2) is 0 Å². The van der Waals surface area contributed by atoms with Gasteiger partial charge >= 0.3 is 0 Å². The number of carbonyl (C=O) groups excluding carboxylic acids is 2. The highest BCUT2D eigenvalue weighted by Crippen LogP contribution is 2.26. The molecule has 0 aromatic heterocycles. The van der Waals surface area contributed by atoms with Crippen molar-refractivity contribution >= 4 is 27.6 Å². The highest BCUT2D eigenvalue weighted by atomic mass is 79.9. The second-order valence-electron chi connectivity index (χ2n) is 5.72. The van der Waals surface area contributed by atoms with E-state index in [0.29, 0.717) is 25.8 Å². The van der Waals surface area contributed by atoms with Crippen LogP contribution in [0.15, 0.2) is 28.7 Å². The Kier molecular flexibility index (Phi) is 4.63. The number of aryl methyl sites for hydroxylation is 1. The standard InChI is InChI=1S/C16H20BrNO2/c1-16(2)14(19)8-5-11-18(16)15(20)10-9-12-6-3-4-7-13(12)17/h3-4,6-7H,5,8-11H2,1-2H3. The second-order valence-corrected chi connectivity index (χ2v) is 6.58. The third-order valence-corrected chi connectivity index (χ3v) is 4.78. The van der Waals surface area contributed by atoms with Gasteiger partial charge in [0.2, 0.25) is 5.91 Å². The molecule has 1 heterocycles. The number of rotatable bonds is 3. The molecule has 0 saturated carbocycles. The Morgan fingerprint density at radius 3 is 2.75 bits per heavy atom. The number of nitrogens with zero attached hydrogens (tertiary/aromatic N) is 1. The summed E-state index contributed by atoms with van der Waals surface area (Å²) < 4.78 is 1.03. The van der Waals surface area contributed by atoms with Crippen LogP contribution in [0.5, 0.6) is 0 Å². The third-order valence-electron chi connectivity index (χ3n) is 4.01. The van der Waals surface area contributed by atoms with Crippen LogP contribution < -0.4 is 0 Å². The number of hydrogen-bond donors (Lipinski definition) is 0. The van der Waals surface area contributed by atoms with Gasteiger partial charge < -0.3 is 4.90 Å². The van der Waals surface area contributed by atoms with Crippen molar-refractivity contribution in [1.29, 1.82) is 0 Å². The van der Waals surface area contributed by atoms with Crippen molar-refractivity contribution in [2.24, 2.45) is 0 Å². The van der Waals surface area contributed by atoms with Gasteiger partial charge in [-0.15, -0.1) is 0 Å². The van der Waals surface area contributed by atoms with Crippen LogP contribution in [0.2, 0.25) is 0 Å². The number of carbonyl (C=O) groups is 2. The Bertz CT molecular complexity index is 525. The predicted octanol–water partition coefficient (Wildman–Crippen LogP) is 3.35. The number of piperidine rings is 1. The molecule has 1 aliphatic rings. The molecule has 4 heteroatoms. The minimum absolute atomic E-state index is 0.0683. The smallest absolute Gasteiger partial charge is 0.223 e. The fourth-order valence-electron chi connectivity index (χ4n) is 2.65. The number of ketones is 1. The molecule has 1 saturated heterocycles. The van der Waals surface area contributed by atoms with Crippen LogP contribution in [0, 0.1) is 0 Å². The Balaban J connectivity index is 2.02. The SMILES string of the molecule is CC1(C)C(=O)CCCN1C(=O)CCc1ccccc1Br. The minimum atomic E-state index is -0.650. The van der Waals surface area contributed by atoms with Crippen LogP contribution in [0.4, 0.5) is 0 Å². The van der Waals surface area contributed by atoms with Crippen LogP contribution >= 0.6 is 15.9 Å². The van der Waals surface area contributed by atoms with Gasteiger partial charge in [0.05, 0.1) is 5.54 Å². The quantitative estimate of drug-likeness (QED) is 0.848. The molecule has 0 bridgehead atoms. The first-order valence-corrected chi connectivity index (χ1v) is 7.79. The van der Waals surface area contributed by atoms with Crippen LogP contribution in [0.1, 0.15) is 38.7 Å². The van der Waals surface area contributed by atoms with E-state index in [4.69, 9.17) is 0 Å². The molecule has 0 N–H and O–H groups in total. The summed E-state index contributed by atoms with van der Waals surface area (Å²) in [4.78, 5) is 26.1. The first-order chi connectivity index (χ1) is 9.43. The molecule has 2 rings (SSSR count). The number of halogens is 1. The molecule has 1 aliphatic heterocycles. The summed E-state index contributed by atoms with van der Waals surface area (Å²) in [5.41, 5.74) is 0.477. The van der Waals surface area contributed by atoms with Crippen molar-refractivity contribution in [3.63, 3.8) is 0 Å². The van der Waals surface area contributed by atoms with Crippen molar-refractivity contribution in [2.75, 3.05) is 6.54 Å². The maximum Gasteiger partial charge on any atom is 0.223 e. The van der Waals surface area contributed by atoms with Gasteiger partial charge in [-0.1, -0.05) is 34.1 Å². The summed E-state index contributed by atoms with van der Waals surface area (Å²) in [5.74, 6) is 0.233. The summed E-state index contributed by atoms with van der Waals surface area (Å²) in [5, 5.41) is 0. The van der Waals surface area contributed by atoms with Gasteiger partial charge in [0.15, 0.2) is 5.78 Å². The van der Waals surface area contributed by atoms with E-state index in [1.54, 1.807) is 4.90 Å². The van der Waals surface area contributed by atoms with Gasteiger partial charge in [0.25, 0.3) is 0 Å². The lowest BCUT2D eigenvalue weighted by Gasteiger charge is -2.41. The molecule has 3 nitrogen and oxygen atoms in total. The van der Waals surface area contributed by atoms with Gasteiger partial charge in [0, 0.05) is 23.9 Å². The van der Waals surface area contributed by atoms with Crippen LogP contribution in [0.25, 0.3) is 0 Å². The number of benzene rings is 1. The van der Waals surface area contributed by atoms with E-state index in [9.17, 15) is 9.59 Å². The van der Waals surface area contributed by atoms with Crippen LogP contribution in [-0.2, 0) is 16.0 Å². The number of likely N-dealkylation sites (tertiary alicyclic amines) is 1. The molecule has 0 radical (unpaired) electrons. The monoisotopic (exact) mass is 337 g/mol. The molecule has 1 fully saturated rings. The van der Waals surface area contributed by atoms with Crippen molar-refractivity contribution in [3.8, 4) is 0 Å². The van der Waals surface area contributed by atoms with Crippen LogP contribution in [0.3, 0.4) is 0 Å². The number of hydrogen-bond acceptors (Lipinski definition) is 2. The lowest BCUT2D eigenvalue weighted by Crippen LogP contribution is -2.56. The van der Waals surface area contributed by atoms with Crippen molar-refractivity contribution in [3.05, 3.63) is 34.3 Å². The van der Waals surface area contributed by atoms with Gasteiger partial charge in [-0.05, 0) is 38.3 Å². The van der Waals surface area contributed by atoms with E-state index in [2.05, 4.69) is 15.9 Å². The molecule has 0 spiro atoms. The Labute approximate surface area is 128 Å². The maximum atomic E-state index is 12.4. The Morgan fingerprint density at radius 1 is 1.35 bits per heavy atom. The Hall–Kier alpha value is -1.16. The molecule has 1 amide bonds. The molecule has 1 aromatic carbocycles. The zero-order valence-electron chi connectivity index (χ0n) is 12.0. The van der Waals surface area contributed by atoms with E-state index in [-0.39, 0.29) is 11.7 Å². The molecule has 0 unspecified atom stereocenters. The van der Waals surface area contributed by atoms with Gasteiger partial charge in [-0.2, -0.15) is 0 Å². The average molecular weight is 338 g/mol. The van der Waals surface area contributed by atoms with Crippen molar-refractivity contribution in [1.82, 2.24) is 4.90 Å². The number of amides is 1. The van der Waals surface area contributed by atoms with E-state index in [0.717, 1.165) is 16.5 Å². The van der Waals surface area contributed by atoms with E-state index < -0.39 is 5.54 Å². The van der Waals surface area contributed by atoms with E-state index in [1.807, 2.05) is 38.1 Å². The van der Waals surface area contributed by atoms with Gasteiger partial charge in [-0.3, -0.25) is 9.59 Å². The molecular weight excluding hydrogens is 318 g/mol. The molecule has 108 valence electrons. The maximum absolute atomic E-state index is 12.4. The number of Topliss-reactive ketones (excluding diaryl/α,β-unsaturated/α-hetero) is 1. The molecule has 0 atom stereocenters. The summed E-state index contributed by atoms with van der Waals surface area (Å²) in [7, 11) is 0. The second kappa shape index (κ2) is 6.08. The normalized spacial score (nSPS) is 18.1. The van der Waals surface area contributed by atoms with Crippen molar-refractivity contribution in [2.45, 2.75) is 45.1 Å². The topological polar surface area (TPSA) is 37.4 Å². The summed E-state index contributed by atoms with van der Waals surface area (Å²) in [6, 6.07) is 7.93. The van der Waals surface area contributed by atoms with E-state index >= 15 is 0 Å². The summed E-state index contributed by atoms with van der Waals surface area (Å²) in [6.07, 6.45) is 2.50. The van der Waals surface area contributed by atoms with Gasteiger partial charge in [0.1, 0.15) is 0 Å². The fraction of sp³-hybridized carbons (Fsp3) is 0.500. The molecule has 20 heavy (non-hydrogen) atoms. The Morgan fingerprint density at radius 2 is 2.05 bits per heavy atom. The summed E-state index contributed by atoms with van der Waals surface area (Å²) >= 11 is 3.50. The third kappa shape index (κ3) is 3.11. The van der Waals surface area contributed by atoms with Crippen LogP contribution in [-0.4, -0.2) is 28.7 Å². The van der Waals surface area contributed by atoms with Crippen molar-refractivity contribution < 1.29 is 9.59 Å². The lowest BCUT2D eigenvalue weighted by atomic mass is 9.88. The first-order valence-electron chi connectivity index (χ1n) is 7.00. The predicted molar refractivity (Wildman–Crippen MR) is 82.5 cm³/mol. The van der Waals surface area contributed by atoms with E-state index in [1.165, 1.54) is 0 Å². The zero-order valence-corrected chi connectivity index (χ0v) is 13.6. The summed E-state index contributed by atoms with van der Waals surface area (Å²) in [6.45, 7) is 4.39. The first kappa shape index (κ1) is 15.2.